The molecule has 0 bridgehead atoms. The molecule has 2 rings (SSSR count). The summed E-state index contributed by atoms with van der Waals surface area (Å²) in [5.41, 5.74) is 1.34. The number of benzene rings is 1. The van der Waals surface area contributed by atoms with E-state index in [4.69, 9.17) is 4.74 Å². The second-order valence-electron chi connectivity index (χ2n) is 5.04. The lowest BCUT2D eigenvalue weighted by Gasteiger charge is -2.15. The van der Waals surface area contributed by atoms with Crippen LogP contribution < -0.4 is 5.32 Å². The lowest BCUT2D eigenvalue weighted by molar-refractivity contribution is -0.144. The van der Waals surface area contributed by atoms with Crippen molar-refractivity contribution in [2.45, 2.75) is 12.5 Å². The third kappa shape index (κ3) is 5.31. The van der Waals surface area contributed by atoms with Gasteiger partial charge in [-0.25, -0.2) is 9.18 Å². The minimum atomic E-state index is -0.805. The fraction of sp³-hybridized carbons (Fsp3) is 0.167. The van der Waals surface area contributed by atoms with Crippen LogP contribution in [0.1, 0.15) is 11.1 Å². The van der Waals surface area contributed by atoms with E-state index in [1.54, 1.807) is 0 Å². The van der Waals surface area contributed by atoms with E-state index in [2.05, 4.69) is 10.3 Å². The van der Waals surface area contributed by atoms with Crippen molar-refractivity contribution in [3.05, 3.63) is 71.8 Å². The van der Waals surface area contributed by atoms with Crippen LogP contribution in [0.5, 0.6) is 0 Å². The van der Waals surface area contributed by atoms with E-state index < -0.39 is 23.7 Å². The van der Waals surface area contributed by atoms with Crippen LogP contribution in [-0.4, -0.2) is 30.0 Å². The molecule has 0 radical (unpaired) electrons. The highest BCUT2D eigenvalue weighted by molar-refractivity contribution is 5.94. The van der Waals surface area contributed by atoms with Gasteiger partial charge in [-0.2, -0.15) is 0 Å². The number of aromatic nitrogens is 1. The van der Waals surface area contributed by atoms with Crippen LogP contribution in [0.4, 0.5) is 4.39 Å². The third-order valence-corrected chi connectivity index (χ3v) is 3.24. The number of ether oxygens (including phenoxy) is 1. The smallest absolute Gasteiger partial charge is 0.328 e. The fourth-order valence-electron chi connectivity index (χ4n) is 2.10. The molecule has 5 nitrogen and oxygen atoms in total. The molecule has 0 fully saturated rings. The van der Waals surface area contributed by atoms with Crippen molar-refractivity contribution in [2.75, 3.05) is 7.11 Å². The quantitative estimate of drug-likeness (QED) is 0.651. The van der Waals surface area contributed by atoms with Gasteiger partial charge in [-0.05, 0) is 23.3 Å². The van der Waals surface area contributed by atoms with E-state index in [0.717, 1.165) is 11.8 Å². The molecule has 0 aliphatic heterocycles. The molecule has 1 N–H and O–H groups in total. The number of carbonyl (C=O) groups excluding carboxylic acids is 2. The van der Waals surface area contributed by atoms with Crippen molar-refractivity contribution in [1.29, 1.82) is 0 Å². The molecule has 0 saturated carbocycles. The van der Waals surface area contributed by atoms with Crippen molar-refractivity contribution < 1.29 is 18.7 Å². The standard InChI is InChI=1S/C18H17FN2O3/c1-24-18(23)16(10-13-5-3-2-4-6-13)21-17(22)8-7-14-9-15(19)12-20-11-14/h2-9,11-12,16H,10H2,1H3,(H,21,22)/b8-7+/t16-/m0/s1. The van der Waals surface area contributed by atoms with Gasteiger partial charge >= 0.3 is 5.97 Å². The summed E-state index contributed by atoms with van der Waals surface area (Å²) in [6.07, 6.45) is 5.45. The lowest BCUT2D eigenvalue weighted by Crippen LogP contribution is -2.42. The summed E-state index contributed by atoms with van der Waals surface area (Å²) < 4.78 is 17.8. The molecule has 1 aromatic heterocycles. The summed E-state index contributed by atoms with van der Waals surface area (Å²) >= 11 is 0. The summed E-state index contributed by atoms with van der Waals surface area (Å²) in [7, 11) is 1.26. The molecule has 1 atom stereocenters. The van der Waals surface area contributed by atoms with Crippen LogP contribution in [0.15, 0.2) is 54.9 Å². The Morgan fingerprint density at radius 2 is 2.04 bits per heavy atom. The number of halogens is 1. The lowest BCUT2D eigenvalue weighted by atomic mass is 10.1. The molecule has 1 heterocycles. The monoisotopic (exact) mass is 328 g/mol. The first kappa shape index (κ1) is 17.3. The topological polar surface area (TPSA) is 68.3 Å². The molecule has 0 saturated heterocycles. The first-order valence-corrected chi connectivity index (χ1v) is 7.29. The van der Waals surface area contributed by atoms with Gasteiger partial charge in [-0.3, -0.25) is 9.78 Å². The normalized spacial score (nSPS) is 11.9. The Kier molecular flexibility index (Phi) is 6.19. The van der Waals surface area contributed by atoms with E-state index in [1.807, 2.05) is 30.3 Å². The number of pyridine rings is 1. The Bertz CT molecular complexity index is 732. The van der Waals surface area contributed by atoms with E-state index in [9.17, 15) is 14.0 Å². The minimum absolute atomic E-state index is 0.314. The van der Waals surface area contributed by atoms with Crippen LogP contribution in [0.3, 0.4) is 0 Å². The molecule has 1 aromatic carbocycles. The molecular formula is C18H17FN2O3. The van der Waals surface area contributed by atoms with E-state index in [0.29, 0.717) is 12.0 Å². The Morgan fingerprint density at radius 3 is 2.71 bits per heavy atom. The molecular weight excluding hydrogens is 311 g/mol. The van der Waals surface area contributed by atoms with Gasteiger partial charge in [-0.15, -0.1) is 0 Å². The number of hydrogen-bond acceptors (Lipinski definition) is 4. The molecule has 6 heteroatoms. The zero-order valence-corrected chi connectivity index (χ0v) is 13.1. The van der Waals surface area contributed by atoms with Gasteiger partial charge in [0, 0.05) is 18.7 Å². The summed E-state index contributed by atoms with van der Waals surface area (Å²) in [5, 5.41) is 2.59. The molecule has 0 aliphatic carbocycles. The average molecular weight is 328 g/mol. The molecule has 124 valence electrons. The number of nitrogens with zero attached hydrogens (tertiary/aromatic N) is 1. The number of esters is 1. The number of nitrogens with one attached hydrogen (secondary N) is 1. The molecule has 2 aromatic rings. The first-order chi connectivity index (χ1) is 11.6. The average Bonchev–Trinajstić information content (AvgIpc) is 2.59. The maximum atomic E-state index is 13.0. The third-order valence-electron chi connectivity index (χ3n) is 3.24. The van der Waals surface area contributed by atoms with Crippen molar-refractivity contribution in [3.8, 4) is 0 Å². The SMILES string of the molecule is COC(=O)[C@H](Cc1ccccc1)NC(=O)/C=C/c1cncc(F)c1. The van der Waals surface area contributed by atoms with Crippen molar-refractivity contribution >= 4 is 18.0 Å². The fourth-order valence-corrected chi connectivity index (χ4v) is 2.10. The van der Waals surface area contributed by atoms with Gasteiger partial charge in [0.15, 0.2) is 0 Å². The van der Waals surface area contributed by atoms with Crippen LogP contribution in [0.25, 0.3) is 6.08 Å². The number of rotatable bonds is 6. The molecule has 0 aliphatic rings. The second kappa shape index (κ2) is 8.57. The van der Waals surface area contributed by atoms with Crippen LogP contribution in [-0.2, 0) is 20.7 Å². The van der Waals surface area contributed by atoms with Crippen LogP contribution in [0.2, 0.25) is 0 Å². The van der Waals surface area contributed by atoms with E-state index >= 15 is 0 Å². The number of amides is 1. The van der Waals surface area contributed by atoms with Crippen LogP contribution in [0, 0.1) is 5.82 Å². The number of carbonyl (C=O) groups is 2. The van der Waals surface area contributed by atoms with E-state index in [1.165, 1.54) is 31.5 Å². The van der Waals surface area contributed by atoms with Crippen LogP contribution >= 0.6 is 0 Å². The predicted molar refractivity (Wildman–Crippen MR) is 87.3 cm³/mol. The Labute approximate surface area is 139 Å². The number of hydrogen-bond donors (Lipinski definition) is 1. The summed E-state index contributed by atoms with van der Waals surface area (Å²) in [6, 6.07) is 9.72. The Hall–Kier alpha value is -3.02. The maximum Gasteiger partial charge on any atom is 0.328 e. The van der Waals surface area contributed by atoms with Gasteiger partial charge < -0.3 is 10.1 Å². The largest absolute Gasteiger partial charge is 0.467 e. The summed E-state index contributed by atoms with van der Waals surface area (Å²) in [4.78, 5) is 27.5. The van der Waals surface area contributed by atoms with E-state index in [-0.39, 0.29) is 0 Å². The highest BCUT2D eigenvalue weighted by atomic mass is 19.1. The minimum Gasteiger partial charge on any atom is -0.467 e. The number of methoxy groups -OCH3 is 1. The molecule has 0 unspecified atom stereocenters. The first-order valence-electron chi connectivity index (χ1n) is 7.29. The van der Waals surface area contributed by atoms with Crippen molar-refractivity contribution in [2.24, 2.45) is 0 Å². The molecule has 1 amide bonds. The van der Waals surface area contributed by atoms with Gasteiger partial charge in [0.25, 0.3) is 0 Å². The van der Waals surface area contributed by atoms with Crippen molar-refractivity contribution in [3.63, 3.8) is 0 Å². The summed E-state index contributed by atoms with van der Waals surface area (Å²) in [6.45, 7) is 0. The highest BCUT2D eigenvalue weighted by Crippen LogP contribution is 2.06. The van der Waals surface area contributed by atoms with Gasteiger partial charge in [0.2, 0.25) is 5.91 Å². The second-order valence-corrected chi connectivity index (χ2v) is 5.04. The maximum absolute atomic E-state index is 13.0. The molecule has 24 heavy (non-hydrogen) atoms. The Balaban J connectivity index is 2.03. The molecule has 0 spiro atoms. The predicted octanol–water partition coefficient (Wildman–Crippen LogP) is 2.13. The van der Waals surface area contributed by atoms with Gasteiger partial charge in [0.1, 0.15) is 11.9 Å². The zero-order chi connectivity index (χ0) is 17.4. The van der Waals surface area contributed by atoms with Gasteiger partial charge in [-0.1, -0.05) is 30.3 Å². The van der Waals surface area contributed by atoms with Crippen molar-refractivity contribution in [1.82, 2.24) is 10.3 Å². The summed E-state index contributed by atoms with van der Waals surface area (Å²) in [5.74, 6) is -1.51. The Morgan fingerprint density at radius 1 is 1.29 bits per heavy atom. The highest BCUT2D eigenvalue weighted by Gasteiger charge is 2.20. The zero-order valence-electron chi connectivity index (χ0n) is 13.1. The van der Waals surface area contributed by atoms with Gasteiger partial charge in [0.05, 0.1) is 13.3 Å².